The van der Waals surface area contributed by atoms with Gasteiger partial charge < -0.3 is 9.80 Å². The van der Waals surface area contributed by atoms with Crippen LogP contribution in [0.2, 0.25) is 0 Å². The summed E-state index contributed by atoms with van der Waals surface area (Å²) >= 11 is 0. The van der Waals surface area contributed by atoms with Crippen LogP contribution in [0.4, 0.5) is 10.1 Å². The van der Waals surface area contributed by atoms with Crippen molar-refractivity contribution < 1.29 is 14.0 Å². The summed E-state index contributed by atoms with van der Waals surface area (Å²) in [7, 11) is 1.73. The average molecular weight is 340 g/mol. The topological polar surface area (TPSA) is 40.6 Å². The van der Waals surface area contributed by atoms with E-state index in [4.69, 9.17) is 0 Å². The first-order valence-corrected chi connectivity index (χ1v) is 8.35. The number of halogens is 1. The van der Waals surface area contributed by atoms with Crippen molar-refractivity contribution in [1.29, 1.82) is 0 Å². The third kappa shape index (κ3) is 3.55. The molecule has 4 nitrogen and oxygen atoms in total. The molecule has 2 aromatic rings. The second kappa shape index (κ2) is 7.05. The van der Waals surface area contributed by atoms with E-state index < -0.39 is 0 Å². The Morgan fingerprint density at radius 3 is 2.44 bits per heavy atom. The molecule has 1 saturated heterocycles. The lowest BCUT2D eigenvalue weighted by molar-refractivity contribution is -0.136. The summed E-state index contributed by atoms with van der Waals surface area (Å²) in [6.45, 7) is 2.29. The van der Waals surface area contributed by atoms with E-state index in [9.17, 15) is 14.0 Å². The molecule has 5 heteroatoms. The Labute approximate surface area is 146 Å². The summed E-state index contributed by atoms with van der Waals surface area (Å²) in [4.78, 5) is 28.4. The molecular weight excluding hydrogens is 319 g/mol. The maximum absolute atomic E-state index is 13.1. The highest BCUT2D eigenvalue weighted by atomic mass is 19.1. The fraction of sp³-hybridized carbons (Fsp3) is 0.300. The molecule has 0 bridgehead atoms. The minimum absolute atomic E-state index is 0.0348. The summed E-state index contributed by atoms with van der Waals surface area (Å²) in [5.41, 5.74) is 1.68. The van der Waals surface area contributed by atoms with Crippen molar-refractivity contribution >= 4 is 17.5 Å². The van der Waals surface area contributed by atoms with Crippen LogP contribution in [0.3, 0.4) is 0 Å². The van der Waals surface area contributed by atoms with Gasteiger partial charge in [0.05, 0.1) is 12.0 Å². The van der Waals surface area contributed by atoms with Crippen molar-refractivity contribution in [3.63, 3.8) is 0 Å². The van der Waals surface area contributed by atoms with E-state index in [0.29, 0.717) is 6.54 Å². The predicted octanol–water partition coefficient (Wildman–Crippen LogP) is 3.40. The van der Waals surface area contributed by atoms with Crippen LogP contribution in [0.25, 0.3) is 0 Å². The molecular formula is C20H21FN2O2. The number of hydrogen-bond acceptors (Lipinski definition) is 2. The van der Waals surface area contributed by atoms with Crippen LogP contribution in [-0.2, 0) is 9.59 Å². The van der Waals surface area contributed by atoms with Gasteiger partial charge in [0.2, 0.25) is 11.8 Å². The summed E-state index contributed by atoms with van der Waals surface area (Å²) in [5.74, 6) is -0.763. The number of rotatable bonds is 4. The molecule has 1 aliphatic rings. The van der Waals surface area contributed by atoms with Crippen LogP contribution < -0.4 is 4.90 Å². The highest BCUT2D eigenvalue weighted by Crippen LogP contribution is 2.28. The molecule has 1 fully saturated rings. The third-order valence-electron chi connectivity index (χ3n) is 4.82. The molecule has 3 rings (SSSR count). The number of hydrogen-bond donors (Lipinski definition) is 0. The van der Waals surface area contributed by atoms with Gasteiger partial charge >= 0.3 is 0 Å². The number of carbonyl (C=O) groups excluding carboxylic acids is 2. The van der Waals surface area contributed by atoms with Crippen molar-refractivity contribution in [3.8, 4) is 0 Å². The minimum atomic E-state index is -0.361. The predicted molar refractivity (Wildman–Crippen MR) is 94.5 cm³/mol. The molecule has 0 spiro atoms. The van der Waals surface area contributed by atoms with Crippen LogP contribution in [0.1, 0.15) is 24.9 Å². The number of nitrogens with zero attached hydrogens (tertiary/aromatic N) is 2. The fourth-order valence-corrected chi connectivity index (χ4v) is 3.17. The van der Waals surface area contributed by atoms with Gasteiger partial charge in [0, 0.05) is 25.7 Å². The Balaban J connectivity index is 1.70. The van der Waals surface area contributed by atoms with Crippen LogP contribution in [0.15, 0.2) is 54.6 Å². The number of amides is 2. The molecule has 2 unspecified atom stereocenters. The summed E-state index contributed by atoms with van der Waals surface area (Å²) in [5, 5.41) is 0. The first-order chi connectivity index (χ1) is 12.0. The van der Waals surface area contributed by atoms with E-state index in [1.165, 1.54) is 12.1 Å². The molecule has 0 radical (unpaired) electrons. The molecule has 0 aromatic heterocycles. The molecule has 2 aromatic carbocycles. The first-order valence-electron chi connectivity index (χ1n) is 8.35. The minimum Gasteiger partial charge on any atom is -0.339 e. The molecule has 130 valence electrons. The molecule has 0 N–H and O–H groups in total. The summed E-state index contributed by atoms with van der Waals surface area (Å²) in [6.07, 6.45) is 0.216. The Morgan fingerprint density at radius 2 is 1.80 bits per heavy atom. The maximum Gasteiger partial charge on any atom is 0.228 e. The molecule has 0 aliphatic carbocycles. The van der Waals surface area contributed by atoms with E-state index in [2.05, 4.69) is 0 Å². The van der Waals surface area contributed by atoms with Crippen molar-refractivity contribution in [2.45, 2.75) is 19.4 Å². The zero-order valence-corrected chi connectivity index (χ0v) is 14.4. The number of benzene rings is 2. The first kappa shape index (κ1) is 17.1. The number of para-hydroxylation sites is 1. The average Bonchev–Trinajstić information content (AvgIpc) is 3.03. The third-order valence-corrected chi connectivity index (χ3v) is 4.82. The van der Waals surface area contributed by atoms with Crippen LogP contribution in [0.5, 0.6) is 0 Å². The molecule has 0 saturated carbocycles. The quantitative estimate of drug-likeness (QED) is 0.856. The Morgan fingerprint density at radius 1 is 1.16 bits per heavy atom. The van der Waals surface area contributed by atoms with Gasteiger partial charge in [0.15, 0.2) is 0 Å². The van der Waals surface area contributed by atoms with Crippen molar-refractivity contribution in [1.82, 2.24) is 4.90 Å². The lowest BCUT2D eigenvalue weighted by Crippen LogP contribution is -2.36. The normalized spacial score (nSPS) is 18.3. The second-order valence-corrected chi connectivity index (χ2v) is 6.42. The maximum atomic E-state index is 13.1. The number of anilines is 1. The standard InChI is InChI=1S/C20H21FN2O2/c1-14(15-8-10-17(21)11-9-15)22(2)20(25)16-12-19(24)23(13-16)18-6-4-3-5-7-18/h3-11,14,16H,12-13H2,1-2H3. The van der Waals surface area contributed by atoms with E-state index in [1.807, 2.05) is 37.3 Å². The Kier molecular flexibility index (Phi) is 4.83. The van der Waals surface area contributed by atoms with E-state index in [0.717, 1.165) is 11.3 Å². The van der Waals surface area contributed by atoms with Gasteiger partial charge in [-0.3, -0.25) is 9.59 Å². The van der Waals surface area contributed by atoms with Crippen LogP contribution in [0, 0.1) is 11.7 Å². The van der Waals surface area contributed by atoms with E-state index >= 15 is 0 Å². The second-order valence-electron chi connectivity index (χ2n) is 6.42. The van der Waals surface area contributed by atoms with Crippen LogP contribution >= 0.6 is 0 Å². The zero-order chi connectivity index (χ0) is 18.0. The monoisotopic (exact) mass is 340 g/mol. The molecule has 1 heterocycles. The highest BCUT2D eigenvalue weighted by Gasteiger charge is 2.37. The Bertz CT molecular complexity index is 761. The summed E-state index contributed by atoms with van der Waals surface area (Å²) in [6, 6.07) is 15.3. The van der Waals surface area contributed by atoms with Gasteiger partial charge in [-0.1, -0.05) is 30.3 Å². The van der Waals surface area contributed by atoms with Gasteiger partial charge in [-0.2, -0.15) is 0 Å². The van der Waals surface area contributed by atoms with Crippen molar-refractivity contribution in [2.75, 3.05) is 18.5 Å². The van der Waals surface area contributed by atoms with Gasteiger partial charge in [0.1, 0.15) is 5.82 Å². The Hall–Kier alpha value is -2.69. The lowest BCUT2D eigenvalue weighted by atomic mass is 10.0. The van der Waals surface area contributed by atoms with Crippen molar-refractivity contribution in [3.05, 3.63) is 66.0 Å². The van der Waals surface area contributed by atoms with Crippen LogP contribution in [-0.4, -0.2) is 30.3 Å². The fourth-order valence-electron chi connectivity index (χ4n) is 3.17. The zero-order valence-electron chi connectivity index (χ0n) is 14.4. The molecule has 2 atom stereocenters. The van der Waals surface area contributed by atoms with E-state index in [-0.39, 0.29) is 36.0 Å². The largest absolute Gasteiger partial charge is 0.339 e. The summed E-state index contributed by atoms with van der Waals surface area (Å²) < 4.78 is 13.1. The molecule has 2 amide bonds. The molecule has 25 heavy (non-hydrogen) atoms. The van der Waals surface area contributed by atoms with Gasteiger partial charge in [-0.25, -0.2) is 4.39 Å². The van der Waals surface area contributed by atoms with Gasteiger partial charge in [-0.15, -0.1) is 0 Å². The lowest BCUT2D eigenvalue weighted by Gasteiger charge is -2.28. The van der Waals surface area contributed by atoms with Gasteiger partial charge in [-0.05, 0) is 36.8 Å². The number of carbonyl (C=O) groups is 2. The van der Waals surface area contributed by atoms with E-state index in [1.54, 1.807) is 29.0 Å². The SMILES string of the molecule is CC(c1ccc(F)cc1)N(C)C(=O)C1CC(=O)N(c2ccccc2)C1. The van der Waals surface area contributed by atoms with Gasteiger partial charge in [0.25, 0.3) is 0 Å². The smallest absolute Gasteiger partial charge is 0.228 e. The molecule has 1 aliphatic heterocycles. The van der Waals surface area contributed by atoms with Crippen molar-refractivity contribution in [2.24, 2.45) is 5.92 Å². The highest BCUT2D eigenvalue weighted by molar-refractivity contribution is 6.00.